The first-order chi connectivity index (χ1) is 6.68. The Bertz CT molecular complexity index is 356. The van der Waals surface area contributed by atoms with E-state index in [4.69, 9.17) is 0 Å². The second kappa shape index (κ2) is 3.75. The summed E-state index contributed by atoms with van der Waals surface area (Å²) in [5, 5.41) is 0. The van der Waals surface area contributed by atoms with Gasteiger partial charge in [0, 0.05) is 0 Å². The quantitative estimate of drug-likeness (QED) is 0.589. The number of hydrogen-bond donors (Lipinski definition) is 0. The molecule has 0 fully saturated rings. The average Bonchev–Trinajstić information content (AvgIpc) is 2.00. The molecule has 0 aliphatic rings. The van der Waals surface area contributed by atoms with Crippen LogP contribution in [-0.2, 0) is 5.92 Å². The van der Waals surface area contributed by atoms with E-state index in [2.05, 4.69) is 28.2 Å². The van der Waals surface area contributed by atoms with E-state index in [1.54, 1.807) is 0 Å². The zero-order valence-electron chi connectivity index (χ0n) is 6.75. The maximum absolute atomic E-state index is 13.0. The van der Waals surface area contributed by atoms with E-state index in [1.165, 1.54) is 0 Å². The third-order valence-electron chi connectivity index (χ3n) is 1.52. The molecule has 1 rings (SSSR count). The highest BCUT2D eigenvalue weighted by atomic mass is 35.5. The van der Waals surface area contributed by atoms with Gasteiger partial charge >= 0.3 is 10.5 Å². The second-order valence-electron chi connectivity index (χ2n) is 2.55. The first kappa shape index (κ1) is 12.4. The zero-order chi connectivity index (χ0) is 11.9. The van der Waals surface area contributed by atoms with Gasteiger partial charge in [-0.2, -0.15) is 8.78 Å². The fourth-order valence-electron chi connectivity index (χ4n) is 0.853. The highest BCUT2D eigenvalue weighted by molar-refractivity contribution is 6.47. The van der Waals surface area contributed by atoms with Crippen LogP contribution in [0, 0.1) is 11.6 Å². The predicted octanol–water partition coefficient (Wildman–Crippen LogP) is 3.55. The van der Waals surface area contributed by atoms with Crippen LogP contribution in [0.2, 0.25) is 0 Å². The summed E-state index contributed by atoms with van der Waals surface area (Å²) in [4.78, 5) is 2.95. The molecule has 0 amide bonds. The van der Waals surface area contributed by atoms with Gasteiger partial charge in [-0.15, -0.1) is 0 Å². The summed E-state index contributed by atoms with van der Waals surface area (Å²) in [7, 11) is 0. The minimum atomic E-state index is -4.72. The SMILES string of the molecule is Fc1cncc(F)c1C(F)(F)C(F)(Cl)Cl. The highest BCUT2D eigenvalue weighted by Crippen LogP contribution is 2.48. The maximum atomic E-state index is 13.0. The predicted molar refractivity (Wildman–Crippen MR) is 43.6 cm³/mol. The molecular weight excluding hydrogens is 264 g/mol. The van der Waals surface area contributed by atoms with Crippen molar-refractivity contribution in [2.24, 2.45) is 0 Å². The van der Waals surface area contributed by atoms with Crippen molar-refractivity contribution in [2.75, 3.05) is 0 Å². The van der Waals surface area contributed by atoms with E-state index < -0.39 is 27.7 Å². The molecule has 1 aromatic heterocycles. The number of halogens is 7. The molecule has 0 bridgehead atoms. The van der Waals surface area contributed by atoms with Gasteiger partial charge in [0.25, 0.3) is 0 Å². The summed E-state index contributed by atoms with van der Waals surface area (Å²) in [6.45, 7) is 0. The lowest BCUT2D eigenvalue weighted by Crippen LogP contribution is -2.33. The van der Waals surface area contributed by atoms with Crippen LogP contribution in [0.1, 0.15) is 5.56 Å². The molecule has 0 saturated carbocycles. The van der Waals surface area contributed by atoms with Gasteiger partial charge in [0.15, 0.2) is 11.6 Å². The molecule has 0 aromatic carbocycles. The summed E-state index contributed by atoms with van der Waals surface area (Å²) in [5.74, 6) is -8.18. The molecule has 8 heteroatoms. The minimum absolute atomic E-state index is 0.297. The molecule has 0 atom stereocenters. The van der Waals surface area contributed by atoms with E-state index >= 15 is 0 Å². The molecular formula is C7H2Cl2F5N. The summed E-state index contributed by atoms with van der Waals surface area (Å²) in [6.07, 6.45) is 0.595. The van der Waals surface area contributed by atoms with Crippen LogP contribution in [0.15, 0.2) is 12.4 Å². The Hall–Kier alpha value is -0.620. The van der Waals surface area contributed by atoms with Crippen molar-refractivity contribution in [3.05, 3.63) is 29.6 Å². The van der Waals surface area contributed by atoms with Crippen LogP contribution >= 0.6 is 23.2 Å². The van der Waals surface area contributed by atoms with Gasteiger partial charge in [0.1, 0.15) is 5.56 Å². The summed E-state index contributed by atoms with van der Waals surface area (Å²) >= 11 is 9.00. The number of nitrogens with zero attached hydrogens (tertiary/aromatic N) is 1. The van der Waals surface area contributed by atoms with Crippen LogP contribution in [0.5, 0.6) is 0 Å². The fraction of sp³-hybridized carbons (Fsp3) is 0.286. The normalized spacial score (nSPS) is 13.0. The van der Waals surface area contributed by atoms with Crippen molar-refractivity contribution in [1.29, 1.82) is 0 Å². The van der Waals surface area contributed by atoms with Gasteiger partial charge in [-0.3, -0.25) is 4.98 Å². The molecule has 0 N–H and O–H groups in total. The Morgan fingerprint density at radius 2 is 1.40 bits per heavy atom. The largest absolute Gasteiger partial charge is 0.340 e. The van der Waals surface area contributed by atoms with Crippen LogP contribution in [0.3, 0.4) is 0 Å². The number of alkyl halides is 5. The number of hydrogen-bond acceptors (Lipinski definition) is 1. The van der Waals surface area contributed by atoms with Crippen LogP contribution < -0.4 is 0 Å². The minimum Gasteiger partial charge on any atom is -0.259 e. The van der Waals surface area contributed by atoms with Crippen molar-refractivity contribution in [3.8, 4) is 0 Å². The van der Waals surface area contributed by atoms with Crippen molar-refractivity contribution in [1.82, 2.24) is 4.98 Å². The standard InChI is InChI=1S/C7H2Cl2F5N/c8-7(9,14)6(12,13)5-3(10)1-15-2-4(5)11/h1-2H. The number of aromatic nitrogens is 1. The van der Waals surface area contributed by atoms with Gasteiger partial charge in [-0.05, 0) is 0 Å². The molecule has 84 valence electrons. The Balaban J connectivity index is 3.39. The zero-order valence-corrected chi connectivity index (χ0v) is 8.26. The fourth-order valence-corrected chi connectivity index (χ4v) is 1.04. The lowest BCUT2D eigenvalue weighted by molar-refractivity contribution is -0.0707. The Kier molecular flexibility index (Phi) is 3.11. The van der Waals surface area contributed by atoms with Crippen LogP contribution in [0.4, 0.5) is 22.0 Å². The molecule has 0 unspecified atom stereocenters. The van der Waals surface area contributed by atoms with Gasteiger partial charge in [-0.1, -0.05) is 23.2 Å². The monoisotopic (exact) mass is 265 g/mol. The van der Waals surface area contributed by atoms with Crippen molar-refractivity contribution in [2.45, 2.75) is 10.5 Å². The smallest absolute Gasteiger partial charge is 0.259 e. The third kappa shape index (κ3) is 2.15. The summed E-state index contributed by atoms with van der Waals surface area (Å²) < 4.78 is 60.2. The molecule has 0 radical (unpaired) electrons. The molecule has 1 heterocycles. The Labute approximate surface area is 90.8 Å². The van der Waals surface area contributed by atoms with Gasteiger partial charge in [-0.25, -0.2) is 13.2 Å². The second-order valence-corrected chi connectivity index (χ2v) is 3.79. The summed E-state index contributed by atoms with van der Waals surface area (Å²) in [6, 6.07) is 0. The average molecular weight is 266 g/mol. The number of rotatable bonds is 2. The lowest BCUT2D eigenvalue weighted by Gasteiger charge is -2.23. The Morgan fingerprint density at radius 3 is 1.73 bits per heavy atom. The molecule has 1 aromatic rings. The maximum Gasteiger partial charge on any atom is 0.340 e. The lowest BCUT2D eigenvalue weighted by atomic mass is 10.1. The van der Waals surface area contributed by atoms with Gasteiger partial charge in [0.05, 0.1) is 12.4 Å². The van der Waals surface area contributed by atoms with E-state index in [0.29, 0.717) is 12.4 Å². The molecule has 0 aliphatic heterocycles. The van der Waals surface area contributed by atoms with Crippen molar-refractivity contribution >= 4 is 23.2 Å². The first-order valence-electron chi connectivity index (χ1n) is 3.42. The van der Waals surface area contributed by atoms with Crippen LogP contribution in [0.25, 0.3) is 0 Å². The molecule has 0 aliphatic carbocycles. The summed E-state index contributed by atoms with van der Waals surface area (Å²) in [5.41, 5.74) is -1.86. The number of pyridine rings is 1. The van der Waals surface area contributed by atoms with Gasteiger partial charge < -0.3 is 0 Å². The van der Waals surface area contributed by atoms with Gasteiger partial charge in [0.2, 0.25) is 0 Å². The molecule has 15 heavy (non-hydrogen) atoms. The van der Waals surface area contributed by atoms with E-state index in [1.807, 2.05) is 0 Å². The topological polar surface area (TPSA) is 12.9 Å². The Morgan fingerprint density at radius 1 is 1.00 bits per heavy atom. The first-order valence-corrected chi connectivity index (χ1v) is 4.17. The molecule has 0 spiro atoms. The van der Waals surface area contributed by atoms with E-state index in [9.17, 15) is 22.0 Å². The highest BCUT2D eigenvalue weighted by Gasteiger charge is 2.57. The third-order valence-corrected chi connectivity index (χ3v) is 2.00. The molecule has 1 nitrogen and oxygen atoms in total. The van der Waals surface area contributed by atoms with E-state index in [-0.39, 0.29) is 0 Å². The van der Waals surface area contributed by atoms with Crippen LogP contribution in [-0.4, -0.2) is 9.57 Å². The van der Waals surface area contributed by atoms with E-state index in [0.717, 1.165) is 0 Å². The molecule has 0 saturated heterocycles. The van der Waals surface area contributed by atoms with Crippen molar-refractivity contribution < 1.29 is 22.0 Å². The van der Waals surface area contributed by atoms with Crippen molar-refractivity contribution in [3.63, 3.8) is 0 Å².